The van der Waals surface area contributed by atoms with Crippen LogP contribution in [0.25, 0.3) is 0 Å². The van der Waals surface area contributed by atoms with Gasteiger partial charge in [0.15, 0.2) is 0 Å². The van der Waals surface area contributed by atoms with Crippen molar-refractivity contribution in [3.8, 4) is 0 Å². The molecule has 16 N–H and O–H groups in total. The van der Waals surface area contributed by atoms with Crippen LogP contribution in [0.5, 0.6) is 0 Å². The Labute approximate surface area is 88.4 Å². The quantitative estimate of drug-likeness (QED) is 0.320. The molecule has 13 heteroatoms. The molecule has 92 valence electrons. The number of hydrogen-bond acceptors (Lipinski definition) is 2. The van der Waals surface area contributed by atoms with E-state index >= 15 is 0 Å². The summed E-state index contributed by atoms with van der Waals surface area (Å²) in [4.78, 5) is 0. The molecule has 0 bridgehead atoms. The molecule has 0 aliphatic rings. The summed E-state index contributed by atoms with van der Waals surface area (Å²) in [7, 11) is -4.67. The first-order valence-corrected chi connectivity index (χ1v) is 2.10. The van der Waals surface area contributed by atoms with E-state index in [1.165, 1.54) is 0 Å². The zero-order chi connectivity index (χ0) is 4.50. The van der Waals surface area contributed by atoms with Gasteiger partial charge in [0, 0.05) is 21.7 Å². The molecule has 0 rings (SSSR count). The Morgan fingerprint density at radius 3 is 0.615 bits per heavy atom. The van der Waals surface area contributed by atoms with Crippen molar-refractivity contribution >= 4 is 10.4 Å². The fraction of sp³-hybridized carbons (Fsp3) is 0. The van der Waals surface area contributed by atoms with Crippen LogP contribution in [0, 0.1) is 0 Å². The minimum atomic E-state index is -4.67. The molecule has 0 radical (unpaired) electrons. The molecule has 0 spiro atoms. The Balaban J connectivity index is -0.00000000286. The summed E-state index contributed by atoms with van der Waals surface area (Å²) in [6.07, 6.45) is 0. The average molecular weight is 272 g/mol. The van der Waals surface area contributed by atoms with Crippen LogP contribution in [0.15, 0.2) is 0 Å². The zero-order valence-electron chi connectivity index (χ0n) is 6.12. The summed E-state index contributed by atoms with van der Waals surface area (Å²) in [6, 6.07) is 0. The second-order valence-electron chi connectivity index (χ2n) is 0.448. The van der Waals surface area contributed by atoms with Gasteiger partial charge in [-0.25, -0.2) is 0 Å². The van der Waals surface area contributed by atoms with Gasteiger partial charge in [-0.3, -0.25) is 9.11 Å². The van der Waals surface area contributed by atoms with Gasteiger partial charge in [-0.15, -0.1) is 0 Å². The molecule has 0 fully saturated rings. The standard InChI is InChI=1S/H2O4S.7H2O.Ti/c1-5(2,3)4;;;;;;;;/h(H2,1,2,3,4);7*1H2;. The fourth-order valence-corrected chi connectivity index (χ4v) is 0. The number of rotatable bonds is 0. The summed E-state index contributed by atoms with van der Waals surface area (Å²) >= 11 is 0. The van der Waals surface area contributed by atoms with E-state index in [1.807, 2.05) is 0 Å². The Morgan fingerprint density at radius 1 is 0.615 bits per heavy atom. The maximum atomic E-state index is 8.74. The first kappa shape index (κ1) is 109. The van der Waals surface area contributed by atoms with Gasteiger partial charge in [0.1, 0.15) is 0 Å². The van der Waals surface area contributed by atoms with Crippen LogP contribution in [0.3, 0.4) is 0 Å². The van der Waals surface area contributed by atoms with E-state index in [0.717, 1.165) is 0 Å². The average Bonchev–Trinajstić information content (AvgIpc) is 0.722. The van der Waals surface area contributed by atoms with E-state index in [4.69, 9.17) is 17.5 Å². The molecule has 0 atom stereocenters. The second-order valence-corrected chi connectivity index (χ2v) is 1.34. The van der Waals surface area contributed by atoms with E-state index in [2.05, 4.69) is 0 Å². The largest absolute Gasteiger partial charge is 0.412 e. The Morgan fingerprint density at radius 2 is 0.615 bits per heavy atom. The first-order chi connectivity index (χ1) is 2.00. The maximum Gasteiger partial charge on any atom is 0.394 e. The van der Waals surface area contributed by atoms with Gasteiger partial charge < -0.3 is 38.3 Å². The van der Waals surface area contributed by atoms with Crippen molar-refractivity contribution in [2.75, 3.05) is 0 Å². The second kappa shape index (κ2) is 39.6. The molecular weight excluding hydrogens is 256 g/mol. The normalized spacial score (nSPS) is 4.46. The van der Waals surface area contributed by atoms with Crippen molar-refractivity contribution in [2.24, 2.45) is 0 Å². The summed E-state index contributed by atoms with van der Waals surface area (Å²) in [6.45, 7) is 0. The van der Waals surface area contributed by atoms with Crippen LogP contribution < -0.4 is 0 Å². The molecule has 11 nitrogen and oxygen atoms in total. The van der Waals surface area contributed by atoms with E-state index < -0.39 is 10.4 Å². The molecule has 0 heterocycles. The Bertz CT molecular complexity index is 93.3. The van der Waals surface area contributed by atoms with Gasteiger partial charge in [0.2, 0.25) is 0 Å². The molecule has 0 saturated carbocycles. The monoisotopic (exact) mass is 272 g/mol. The molecule has 13 heavy (non-hydrogen) atoms. The number of hydrogen-bond donors (Lipinski definition) is 2. The third-order valence-electron chi connectivity index (χ3n) is 0. The third kappa shape index (κ3) is 14100. The summed E-state index contributed by atoms with van der Waals surface area (Å²) in [5, 5.41) is 0. The topological polar surface area (TPSA) is 295 Å². The molecule has 0 amide bonds. The van der Waals surface area contributed by atoms with Gasteiger partial charge in [0.25, 0.3) is 0 Å². The molecular formula is H16O11STi. The van der Waals surface area contributed by atoms with Crippen LogP contribution >= 0.6 is 0 Å². The van der Waals surface area contributed by atoms with Gasteiger partial charge >= 0.3 is 10.4 Å². The molecule has 0 aromatic rings. The van der Waals surface area contributed by atoms with Gasteiger partial charge in [-0.2, -0.15) is 8.42 Å². The van der Waals surface area contributed by atoms with Gasteiger partial charge in [-0.1, -0.05) is 0 Å². The van der Waals surface area contributed by atoms with Crippen molar-refractivity contribution in [1.29, 1.82) is 0 Å². The minimum absolute atomic E-state index is 0. The van der Waals surface area contributed by atoms with Crippen molar-refractivity contribution in [1.82, 2.24) is 0 Å². The molecule has 0 saturated heterocycles. The van der Waals surface area contributed by atoms with Crippen molar-refractivity contribution in [3.05, 3.63) is 0 Å². The molecule has 0 aliphatic carbocycles. The Hall–Kier alpha value is 0.304. The van der Waals surface area contributed by atoms with E-state index in [0.29, 0.717) is 0 Å². The molecule has 0 aliphatic heterocycles. The maximum absolute atomic E-state index is 8.74. The van der Waals surface area contributed by atoms with Crippen molar-refractivity contribution in [3.63, 3.8) is 0 Å². The minimum Gasteiger partial charge on any atom is -0.412 e. The summed E-state index contributed by atoms with van der Waals surface area (Å²) in [5.74, 6) is 0. The van der Waals surface area contributed by atoms with Crippen LogP contribution in [0.1, 0.15) is 0 Å². The van der Waals surface area contributed by atoms with Gasteiger partial charge in [-0.05, 0) is 0 Å². The van der Waals surface area contributed by atoms with E-state index in [1.54, 1.807) is 0 Å². The van der Waals surface area contributed by atoms with E-state index in [-0.39, 0.29) is 60.1 Å². The molecule has 0 unspecified atom stereocenters. The van der Waals surface area contributed by atoms with Crippen molar-refractivity contribution < 1.29 is 77.6 Å². The van der Waals surface area contributed by atoms with Crippen molar-refractivity contribution in [2.45, 2.75) is 0 Å². The SMILES string of the molecule is O.O.O.O.O.O.O.O=S(=O)(O)O.[Ti]. The van der Waals surface area contributed by atoms with Gasteiger partial charge in [0.05, 0.1) is 0 Å². The predicted molar refractivity (Wildman–Crippen MR) is 39.5 cm³/mol. The van der Waals surface area contributed by atoms with E-state index in [9.17, 15) is 0 Å². The fourth-order valence-electron chi connectivity index (χ4n) is 0. The molecule has 0 aromatic heterocycles. The van der Waals surface area contributed by atoms with Crippen LogP contribution in [0.2, 0.25) is 0 Å². The van der Waals surface area contributed by atoms with Crippen LogP contribution in [0.4, 0.5) is 0 Å². The first-order valence-electron chi connectivity index (χ1n) is 0.698. The zero-order valence-corrected chi connectivity index (χ0v) is 8.50. The Kier molecular flexibility index (Phi) is 331. The van der Waals surface area contributed by atoms with Crippen LogP contribution in [-0.4, -0.2) is 55.9 Å². The predicted octanol–water partition coefficient (Wildman–Crippen LogP) is -6.43. The summed E-state index contributed by atoms with van der Waals surface area (Å²) in [5.41, 5.74) is 0. The smallest absolute Gasteiger partial charge is 0.394 e. The van der Waals surface area contributed by atoms with Crippen LogP contribution in [-0.2, 0) is 32.1 Å². The summed E-state index contributed by atoms with van der Waals surface area (Å²) < 4.78 is 31.6. The molecule has 0 aromatic carbocycles. The third-order valence-corrected chi connectivity index (χ3v) is 0.